The Labute approximate surface area is 108 Å². The highest BCUT2D eigenvalue weighted by Gasteiger charge is 2.49. The fraction of sp³-hybridized carbons (Fsp3) is 0.917. The second-order valence-electron chi connectivity index (χ2n) is 4.52. The summed E-state index contributed by atoms with van der Waals surface area (Å²) in [5, 5.41) is 3.03. The zero-order valence-electron chi connectivity index (χ0n) is 11.2. The van der Waals surface area contributed by atoms with E-state index in [0.29, 0.717) is 39.0 Å². The monoisotopic (exact) mass is 260 g/mol. The molecule has 1 unspecified atom stereocenters. The van der Waals surface area contributed by atoms with Crippen LogP contribution in [-0.2, 0) is 19.0 Å². The summed E-state index contributed by atoms with van der Waals surface area (Å²) in [6, 6.07) is 0. The number of carbonyl (C=O) groups excluding carboxylic acids is 1. The third-order valence-corrected chi connectivity index (χ3v) is 3.29. The predicted molar refractivity (Wildman–Crippen MR) is 67.2 cm³/mol. The largest absolute Gasteiger partial charge is 0.382 e. The Morgan fingerprint density at radius 1 is 1.28 bits per heavy atom. The first-order valence-corrected chi connectivity index (χ1v) is 6.30. The van der Waals surface area contributed by atoms with Gasteiger partial charge < -0.3 is 25.3 Å². The molecule has 0 radical (unpaired) electrons. The van der Waals surface area contributed by atoms with Crippen molar-refractivity contribution in [1.82, 2.24) is 5.32 Å². The summed E-state index contributed by atoms with van der Waals surface area (Å²) in [6.07, 6.45) is 2.05. The number of nitrogens with one attached hydrogen (secondary N) is 1. The Hall–Kier alpha value is -0.690. The van der Waals surface area contributed by atoms with E-state index in [1.807, 2.05) is 0 Å². The summed E-state index contributed by atoms with van der Waals surface area (Å²) in [7, 11) is 3.38. The Bertz CT molecular complexity index is 258. The Kier molecular flexibility index (Phi) is 6.56. The fourth-order valence-electron chi connectivity index (χ4n) is 1.96. The molecule has 0 saturated heterocycles. The molecule has 3 N–H and O–H groups in total. The maximum Gasteiger partial charge on any atom is 0.240 e. The summed E-state index contributed by atoms with van der Waals surface area (Å²) in [6.45, 7) is 2.37. The molecule has 0 aliphatic heterocycles. The van der Waals surface area contributed by atoms with Crippen LogP contribution in [0.3, 0.4) is 0 Å². The minimum absolute atomic E-state index is 0.300. The smallest absolute Gasteiger partial charge is 0.240 e. The molecule has 6 nitrogen and oxygen atoms in total. The second kappa shape index (κ2) is 7.68. The number of nitrogens with two attached hydrogens (primary N) is 1. The molecule has 1 amide bonds. The average Bonchev–Trinajstić information content (AvgIpc) is 3.17. The molecule has 18 heavy (non-hydrogen) atoms. The molecule has 6 heteroatoms. The quantitative estimate of drug-likeness (QED) is 0.490. The molecule has 0 heterocycles. The van der Waals surface area contributed by atoms with Gasteiger partial charge in [0.15, 0.2) is 0 Å². The standard InChI is InChI=1S/C12H24N2O4/c1-14-12(11(13)15,10-3-4-10)9-18-8-7-17-6-5-16-2/h10,14H,3-9H2,1-2H3,(H2,13,15). The first-order chi connectivity index (χ1) is 8.67. The minimum Gasteiger partial charge on any atom is -0.382 e. The maximum atomic E-state index is 11.6. The fourth-order valence-corrected chi connectivity index (χ4v) is 1.96. The van der Waals surface area contributed by atoms with E-state index in [-0.39, 0.29) is 5.91 Å². The number of carbonyl (C=O) groups is 1. The van der Waals surface area contributed by atoms with Gasteiger partial charge in [0.25, 0.3) is 0 Å². The lowest BCUT2D eigenvalue weighted by Gasteiger charge is -2.30. The lowest BCUT2D eigenvalue weighted by atomic mass is 9.93. The van der Waals surface area contributed by atoms with Crippen LogP contribution in [0.1, 0.15) is 12.8 Å². The van der Waals surface area contributed by atoms with Crippen LogP contribution in [0.15, 0.2) is 0 Å². The predicted octanol–water partition coefficient (Wildman–Crippen LogP) is -0.480. The van der Waals surface area contributed by atoms with Gasteiger partial charge >= 0.3 is 0 Å². The minimum atomic E-state index is -0.716. The van der Waals surface area contributed by atoms with Gasteiger partial charge in [0.05, 0.1) is 33.0 Å². The number of primary amides is 1. The molecule has 1 aliphatic carbocycles. The van der Waals surface area contributed by atoms with E-state index in [4.69, 9.17) is 19.9 Å². The molecule has 1 atom stereocenters. The number of ether oxygens (including phenoxy) is 3. The van der Waals surface area contributed by atoms with E-state index in [1.54, 1.807) is 14.2 Å². The zero-order valence-corrected chi connectivity index (χ0v) is 11.2. The second-order valence-corrected chi connectivity index (χ2v) is 4.52. The molecular weight excluding hydrogens is 236 g/mol. The van der Waals surface area contributed by atoms with E-state index < -0.39 is 5.54 Å². The van der Waals surface area contributed by atoms with Crippen molar-refractivity contribution in [1.29, 1.82) is 0 Å². The van der Waals surface area contributed by atoms with Gasteiger partial charge in [-0.05, 0) is 25.8 Å². The Morgan fingerprint density at radius 2 is 1.89 bits per heavy atom. The van der Waals surface area contributed by atoms with Gasteiger partial charge in [0.1, 0.15) is 5.54 Å². The summed E-state index contributed by atoms with van der Waals surface area (Å²) in [5.74, 6) is -0.0396. The van der Waals surface area contributed by atoms with Gasteiger partial charge in [0.2, 0.25) is 5.91 Å². The van der Waals surface area contributed by atoms with Crippen molar-refractivity contribution >= 4 is 5.91 Å². The van der Waals surface area contributed by atoms with Crippen LogP contribution >= 0.6 is 0 Å². The van der Waals surface area contributed by atoms with Crippen LogP contribution < -0.4 is 11.1 Å². The number of amides is 1. The van der Waals surface area contributed by atoms with Gasteiger partial charge in [-0.3, -0.25) is 4.79 Å². The lowest BCUT2D eigenvalue weighted by Crippen LogP contribution is -2.59. The van der Waals surface area contributed by atoms with Gasteiger partial charge in [-0.2, -0.15) is 0 Å². The first kappa shape index (κ1) is 15.4. The van der Waals surface area contributed by atoms with Crippen molar-refractivity contribution < 1.29 is 19.0 Å². The SMILES string of the molecule is CNC(COCCOCCOC)(C(N)=O)C1CC1. The van der Waals surface area contributed by atoms with Crippen LogP contribution in [-0.4, -0.2) is 58.6 Å². The number of hydrogen-bond donors (Lipinski definition) is 2. The van der Waals surface area contributed by atoms with E-state index in [9.17, 15) is 4.79 Å². The zero-order chi connectivity index (χ0) is 13.4. The Morgan fingerprint density at radius 3 is 2.39 bits per heavy atom. The van der Waals surface area contributed by atoms with Crippen molar-refractivity contribution in [2.24, 2.45) is 11.7 Å². The molecular formula is C12H24N2O4. The van der Waals surface area contributed by atoms with Crippen molar-refractivity contribution in [3.05, 3.63) is 0 Å². The molecule has 0 aromatic heterocycles. The number of hydrogen-bond acceptors (Lipinski definition) is 5. The molecule has 0 aromatic rings. The van der Waals surface area contributed by atoms with Gasteiger partial charge in [-0.1, -0.05) is 0 Å². The van der Waals surface area contributed by atoms with E-state index in [1.165, 1.54) is 0 Å². The number of likely N-dealkylation sites (N-methyl/N-ethyl adjacent to an activating group) is 1. The van der Waals surface area contributed by atoms with Crippen LogP contribution in [0.2, 0.25) is 0 Å². The maximum absolute atomic E-state index is 11.6. The summed E-state index contributed by atoms with van der Waals surface area (Å²) in [4.78, 5) is 11.6. The van der Waals surface area contributed by atoms with Crippen LogP contribution in [0.25, 0.3) is 0 Å². The third kappa shape index (κ3) is 4.20. The van der Waals surface area contributed by atoms with Crippen molar-refractivity contribution in [2.75, 3.05) is 47.2 Å². The summed E-state index contributed by atoms with van der Waals surface area (Å²) >= 11 is 0. The van der Waals surface area contributed by atoms with Crippen LogP contribution in [0.4, 0.5) is 0 Å². The molecule has 0 spiro atoms. The van der Waals surface area contributed by atoms with Crippen LogP contribution in [0.5, 0.6) is 0 Å². The van der Waals surface area contributed by atoms with Crippen molar-refractivity contribution in [3.63, 3.8) is 0 Å². The van der Waals surface area contributed by atoms with E-state index in [2.05, 4.69) is 5.32 Å². The molecule has 0 bridgehead atoms. The van der Waals surface area contributed by atoms with Crippen molar-refractivity contribution in [2.45, 2.75) is 18.4 Å². The summed E-state index contributed by atoms with van der Waals surface area (Å²) in [5.41, 5.74) is 4.76. The molecule has 1 aliphatic rings. The highest BCUT2D eigenvalue weighted by Crippen LogP contribution is 2.39. The normalized spacial score (nSPS) is 18.6. The molecule has 106 valence electrons. The van der Waals surface area contributed by atoms with Gasteiger partial charge in [-0.25, -0.2) is 0 Å². The highest BCUT2D eigenvalue weighted by molar-refractivity contribution is 5.85. The average molecular weight is 260 g/mol. The van der Waals surface area contributed by atoms with Gasteiger partial charge in [-0.15, -0.1) is 0 Å². The first-order valence-electron chi connectivity index (χ1n) is 6.30. The molecule has 1 rings (SSSR count). The lowest BCUT2D eigenvalue weighted by molar-refractivity contribution is -0.128. The summed E-state index contributed by atoms with van der Waals surface area (Å²) < 4.78 is 15.6. The highest BCUT2D eigenvalue weighted by atomic mass is 16.5. The van der Waals surface area contributed by atoms with Crippen LogP contribution in [0, 0.1) is 5.92 Å². The molecule has 0 aromatic carbocycles. The number of methoxy groups -OCH3 is 1. The van der Waals surface area contributed by atoms with E-state index in [0.717, 1.165) is 12.8 Å². The third-order valence-electron chi connectivity index (χ3n) is 3.29. The van der Waals surface area contributed by atoms with Crippen molar-refractivity contribution in [3.8, 4) is 0 Å². The van der Waals surface area contributed by atoms with E-state index >= 15 is 0 Å². The Balaban J connectivity index is 2.20. The molecule has 1 saturated carbocycles. The molecule has 1 fully saturated rings. The number of rotatable bonds is 11. The topological polar surface area (TPSA) is 82.8 Å². The van der Waals surface area contributed by atoms with Gasteiger partial charge in [0, 0.05) is 7.11 Å².